The van der Waals surface area contributed by atoms with E-state index < -0.39 is 25.8 Å². The van der Waals surface area contributed by atoms with Crippen LogP contribution in [0, 0.1) is 0 Å². The predicted molar refractivity (Wildman–Crippen MR) is 67.3 cm³/mol. The fourth-order valence-electron chi connectivity index (χ4n) is 1.28. The number of aromatic nitrogens is 1. The lowest BCUT2D eigenvalue weighted by Crippen LogP contribution is -2.25. The molecule has 19 heavy (non-hydrogen) atoms. The molecule has 0 saturated carbocycles. The summed E-state index contributed by atoms with van der Waals surface area (Å²) in [5, 5.41) is 8.65. The van der Waals surface area contributed by atoms with Crippen molar-refractivity contribution in [2.45, 2.75) is 11.3 Å². The smallest absolute Gasteiger partial charge is 0.352 e. The van der Waals surface area contributed by atoms with Gasteiger partial charge in [0.15, 0.2) is 0 Å². The number of H-pyrrole nitrogens is 1. The van der Waals surface area contributed by atoms with E-state index in [2.05, 4.69) is 9.71 Å². The Morgan fingerprint density at radius 3 is 2.47 bits per heavy atom. The number of aromatic amines is 1. The maximum atomic E-state index is 11.7. The van der Waals surface area contributed by atoms with Gasteiger partial charge in [-0.05, 0) is 12.5 Å². The van der Waals surface area contributed by atoms with Gasteiger partial charge in [0.05, 0.1) is 5.75 Å². The van der Waals surface area contributed by atoms with E-state index in [4.69, 9.17) is 5.11 Å². The normalized spacial score (nSPS) is 12.5. The van der Waals surface area contributed by atoms with Crippen LogP contribution in [-0.2, 0) is 19.9 Å². The molecule has 0 aliphatic rings. The summed E-state index contributed by atoms with van der Waals surface area (Å²) in [4.78, 5) is 12.7. The Balaban J connectivity index is 2.63. The third kappa shape index (κ3) is 5.01. The van der Waals surface area contributed by atoms with Gasteiger partial charge < -0.3 is 10.1 Å². The molecule has 0 aromatic carbocycles. The zero-order chi connectivity index (χ0) is 14.7. The van der Waals surface area contributed by atoms with E-state index in [1.807, 2.05) is 0 Å². The lowest BCUT2D eigenvalue weighted by Gasteiger charge is -2.03. The van der Waals surface area contributed by atoms with Gasteiger partial charge in [-0.15, -0.1) is 0 Å². The fourth-order valence-corrected chi connectivity index (χ4v) is 3.01. The zero-order valence-corrected chi connectivity index (χ0v) is 11.7. The first-order valence-corrected chi connectivity index (χ1v) is 8.75. The molecule has 0 saturated heterocycles. The first-order chi connectivity index (χ1) is 8.62. The molecular formula is C9H14N2O6S2. The highest BCUT2D eigenvalue weighted by Gasteiger charge is 2.17. The Bertz CT molecular complexity index is 659. The molecule has 0 aliphatic carbocycles. The Morgan fingerprint density at radius 1 is 1.37 bits per heavy atom. The van der Waals surface area contributed by atoms with Crippen molar-refractivity contribution in [2.24, 2.45) is 0 Å². The van der Waals surface area contributed by atoms with E-state index in [1.54, 1.807) is 0 Å². The maximum absolute atomic E-state index is 11.7. The number of sulfone groups is 1. The highest BCUT2D eigenvalue weighted by Crippen LogP contribution is 2.10. The lowest BCUT2D eigenvalue weighted by atomic mass is 10.4. The number of hydrogen-bond donors (Lipinski definition) is 3. The van der Waals surface area contributed by atoms with Crippen LogP contribution in [0.4, 0.5) is 0 Å². The zero-order valence-electron chi connectivity index (χ0n) is 10.1. The summed E-state index contributed by atoms with van der Waals surface area (Å²) in [7, 11) is -6.96. The molecule has 1 rings (SSSR count). The van der Waals surface area contributed by atoms with Crippen molar-refractivity contribution >= 4 is 25.8 Å². The van der Waals surface area contributed by atoms with Crippen LogP contribution in [-0.4, -0.2) is 51.4 Å². The quantitative estimate of drug-likeness (QED) is 0.577. The third-order valence-corrected chi connectivity index (χ3v) is 4.65. The SMILES string of the molecule is CS(=O)(=O)CCCNS(=O)(=O)c1c[nH]c(C(=O)O)c1. The van der Waals surface area contributed by atoms with Crippen LogP contribution in [0.1, 0.15) is 16.9 Å². The Hall–Kier alpha value is -1.39. The van der Waals surface area contributed by atoms with Crippen molar-refractivity contribution in [3.8, 4) is 0 Å². The third-order valence-electron chi connectivity index (χ3n) is 2.18. The highest BCUT2D eigenvalue weighted by atomic mass is 32.2. The summed E-state index contributed by atoms with van der Waals surface area (Å²) in [6, 6.07) is 0.987. The van der Waals surface area contributed by atoms with Gasteiger partial charge in [0.2, 0.25) is 10.0 Å². The van der Waals surface area contributed by atoms with Crippen LogP contribution in [0.15, 0.2) is 17.2 Å². The summed E-state index contributed by atoms with van der Waals surface area (Å²) >= 11 is 0. The molecule has 0 unspecified atom stereocenters. The molecule has 3 N–H and O–H groups in total. The molecule has 0 aliphatic heterocycles. The van der Waals surface area contributed by atoms with Crippen molar-refractivity contribution in [1.82, 2.24) is 9.71 Å². The van der Waals surface area contributed by atoms with Gasteiger partial charge in [-0.2, -0.15) is 0 Å². The van der Waals surface area contributed by atoms with Gasteiger partial charge in [0.1, 0.15) is 20.4 Å². The summed E-state index contributed by atoms with van der Waals surface area (Å²) in [6.07, 6.45) is 2.27. The van der Waals surface area contributed by atoms with Crippen LogP contribution in [0.5, 0.6) is 0 Å². The standard InChI is InChI=1S/C9H14N2O6S2/c1-18(14,15)4-2-3-11-19(16,17)7-5-8(9(12)13)10-6-7/h5-6,10-11H,2-4H2,1H3,(H,12,13). The van der Waals surface area contributed by atoms with Crippen molar-refractivity contribution in [2.75, 3.05) is 18.6 Å². The molecule has 0 atom stereocenters. The number of carboxylic acids is 1. The number of sulfonamides is 1. The molecule has 0 fully saturated rings. The Kier molecular flexibility index (Phi) is 4.71. The Morgan fingerprint density at radius 2 is 2.00 bits per heavy atom. The second-order valence-corrected chi connectivity index (χ2v) is 7.96. The van der Waals surface area contributed by atoms with Crippen molar-refractivity contribution < 1.29 is 26.7 Å². The molecule has 0 radical (unpaired) electrons. The van der Waals surface area contributed by atoms with Gasteiger partial charge in [0.25, 0.3) is 0 Å². The summed E-state index contributed by atoms with van der Waals surface area (Å²) in [5.74, 6) is -1.39. The van der Waals surface area contributed by atoms with E-state index in [0.29, 0.717) is 0 Å². The number of hydrogen-bond acceptors (Lipinski definition) is 5. The summed E-state index contributed by atoms with van der Waals surface area (Å²) in [6.45, 7) is -0.0387. The van der Waals surface area contributed by atoms with Crippen LogP contribution >= 0.6 is 0 Å². The second kappa shape index (κ2) is 5.72. The topological polar surface area (TPSA) is 133 Å². The molecule has 108 valence electrons. The van der Waals surface area contributed by atoms with Crippen molar-refractivity contribution in [3.05, 3.63) is 18.0 Å². The molecule has 1 heterocycles. The predicted octanol–water partition coefficient (Wildman–Crippen LogP) is -0.574. The second-order valence-electron chi connectivity index (χ2n) is 3.94. The van der Waals surface area contributed by atoms with Gasteiger partial charge >= 0.3 is 5.97 Å². The van der Waals surface area contributed by atoms with Crippen LogP contribution in [0.2, 0.25) is 0 Å². The molecule has 10 heteroatoms. The molecule has 0 bridgehead atoms. The van der Waals surface area contributed by atoms with Crippen LogP contribution < -0.4 is 4.72 Å². The molecular weight excluding hydrogens is 296 g/mol. The molecule has 0 spiro atoms. The van der Waals surface area contributed by atoms with Gasteiger partial charge in [-0.3, -0.25) is 0 Å². The van der Waals surface area contributed by atoms with Gasteiger partial charge in [0, 0.05) is 19.0 Å². The number of nitrogens with one attached hydrogen (secondary N) is 2. The first kappa shape index (κ1) is 15.7. The molecule has 8 nitrogen and oxygen atoms in total. The monoisotopic (exact) mass is 310 g/mol. The average Bonchev–Trinajstić information content (AvgIpc) is 2.73. The van der Waals surface area contributed by atoms with Gasteiger partial charge in [-0.1, -0.05) is 0 Å². The van der Waals surface area contributed by atoms with Crippen LogP contribution in [0.3, 0.4) is 0 Å². The molecule has 0 amide bonds. The number of carboxylic acid groups (broad SMARTS) is 1. The molecule has 1 aromatic heterocycles. The largest absolute Gasteiger partial charge is 0.477 e. The number of aromatic carboxylic acids is 1. The molecule has 1 aromatic rings. The van der Waals surface area contributed by atoms with E-state index in [0.717, 1.165) is 18.5 Å². The van der Waals surface area contributed by atoms with E-state index >= 15 is 0 Å². The van der Waals surface area contributed by atoms with Crippen molar-refractivity contribution in [1.29, 1.82) is 0 Å². The van der Waals surface area contributed by atoms with E-state index in [1.165, 1.54) is 0 Å². The minimum absolute atomic E-state index is 0.0387. The van der Waals surface area contributed by atoms with Gasteiger partial charge in [-0.25, -0.2) is 26.4 Å². The van der Waals surface area contributed by atoms with Crippen molar-refractivity contribution in [3.63, 3.8) is 0 Å². The average molecular weight is 310 g/mol. The van der Waals surface area contributed by atoms with Crippen LogP contribution in [0.25, 0.3) is 0 Å². The number of rotatable bonds is 7. The fraction of sp³-hybridized carbons (Fsp3) is 0.444. The minimum atomic E-state index is -3.83. The van der Waals surface area contributed by atoms with E-state index in [9.17, 15) is 21.6 Å². The summed E-state index contributed by atoms with van der Waals surface area (Å²) < 4.78 is 47.3. The summed E-state index contributed by atoms with van der Waals surface area (Å²) in [5.41, 5.74) is -0.239. The first-order valence-electron chi connectivity index (χ1n) is 5.21. The Labute approximate surface area is 110 Å². The lowest BCUT2D eigenvalue weighted by molar-refractivity contribution is 0.0691. The number of carbonyl (C=O) groups is 1. The highest BCUT2D eigenvalue weighted by molar-refractivity contribution is 7.90. The van der Waals surface area contributed by atoms with E-state index in [-0.39, 0.29) is 29.3 Å². The maximum Gasteiger partial charge on any atom is 0.352 e. The minimum Gasteiger partial charge on any atom is -0.477 e.